The maximum Gasteiger partial charge on any atom is 0.337 e. The Kier molecular flexibility index (Phi) is 3.71. The molecule has 0 saturated carbocycles. The number of nitrogens with two attached hydrogens (primary N) is 1. The maximum absolute atomic E-state index is 13.2. The van der Waals surface area contributed by atoms with Crippen molar-refractivity contribution >= 4 is 39.0 Å². The molecule has 2 aromatic carbocycles. The summed E-state index contributed by atoms with van der Waals surface area (Å²) in [7, 11) is 0. The van der Waals surface area contributed by atoms with E-state index >= 15 is 0 Å². The minimum absolute atomic E-state index is 0.0605. The fraction of sp³-hybridized carbons (Fsp3) is 0. The van der Waals surface area contributed by atoms with E-state index in [9.17, 15) is 9.18 Å². The van der Waals surface area contributed by atoms with Gasteiger partial charge in [-0.2, -0.15) is 0 Å². The number of halogens is 2. The summed E-state index contributed by atoms with van der Waals surface area (Å²) in [5.41, 5.74) is 6.84. The van der Waals surface area contributed by atoms with Gasteiger partial charge in [0.1, 0.15) is 5.82 Å². The summed E-state index contributed by atoms with van der Waals surface area (Å²) in [5.74, 6) is -1.51. The van der Waals surface area contributed by atoms with Crippen molar-refractivity contribution < 1.29 is 14.3 Å². The van der Waals surface area contributed by atoms with Crippen LogP contribution in [-0.4, -0.2) is 11.1 Å². The first-order valence-electron chi connectivity index (χ1n) is 5.32. The molecule has 0 amide bonds. The highest BCUT2D eigenvalue weighted by atomic mass is 79.9. The first kappa shape index (κ1) is 13.4. The van der Waals surface area contributed by atoms with Gasteiger partial charge in [0.25, 0.3) is 0 Å². The fourth-order valence-electron chi connectivity index (χ4n) is 1.59. The van der Waals surface area contributed by atoms with E-state index in [-0.39, 0.29) is 5.56 Å². The van der Waals surface area contributed by atoms with Crippen molar-refractivity contribution in [3.8, 4) is 0 Å². The van der Waals surface area contributed by atoms with E-state index in [0.717, 1.165) is 0 Å². The van der Waals surface area contributed by atoms with Crippen LogP contribution in [0.1, 0.15) is 10.4 Å². The molecule has 0 aliphatic heterocycles. The summed E-state index contributed by atoms with van der Waals surface area (Å²) in [4.78, 5) is 11.1. The molecule has 0 radical (unpaired) electrons. The molecule has 19 heavy (non-hydrogen) atoms. The molecule has 6 heteroatoms. The number of carboxylic acid groups (broad SMARTS) is 1. The molecule has 0 atom stereocenters. The molecule has 0 spiro atoms. The van der Waals surface area contributed by atoms with E-state index in [2.05, 4.69) is 21.2 Å². The molecule has 2 rings (SSSR count). The predicted molar refractivity (Wildman–Crippen MR) is 75.2 cm³/mol. The molecule has 0 aliphatic carbocycles. The number of benzene rings is 2. The largest absolute Gasteiger partial charge is 0.478 e. The van der Waals surface area contributed by atoms with Crippen molar-refractivity contribution in [1.82, 2.24) is 0 Å². The third-order valence-corrected chi connectivity index (χ3v) is 3.16. The van der Waals surface area contributed by atoms with E-state index in [1.54, 1.807) is 0 Å². The predicted octanol–water partition coefficient (Wildman–Crippen LogP) is 3.61. The molecule has 4 N–H and O–H groups in total. The van der Waals surface area contributed by atoms with Crippen molar-refractivity contribution in [2.75, 3.05) is 11.1 Å². The number of carboxylic acids is 1. The maximum atomic E-state index is 13.2. The number of anilines is 3. The Morgan fingerprint density at radius 1 is 1.21 bits per heavy atom. The van der Waals surface area contributed by atoms with Gasteiger partial charge in [-0.25, -0.2) is 9.18 Å². The van der Waals surface area contributed by atoms with Crippen LogP contribution in [0.3, 0.4) is 0 Å². The summed E-state index contributed by atoms with van der Waals surface area (Å²) < 4.78 is 13.8. The number of aromatic carboxylic acids is 1. The van der Waals surface area contributed by atoms with Crippen LogP contribution in [0.2, 0.25) is 0 Å². The van der Waals surface area contributed by atoms with E-state index in [4.69, 9.17) is 10.8 Å². The van der Waals surface area contributed by atoms with Crippen LogP contribution >= 0.6 is 15.9 Å². The van der Waals surface area contributed by atoms with E-state index in [0.29, 0.717) is 21.5 Å². The topological polar surface area (TPSA) is 75.4 Å². The number of nitrogens with one attached hydrogen (secondary N) is 1. The third kappa shape index (κ3) is 3.03. The third-order valence-electron chi connectivity index (χ3n) is 2.47. The minimum atomic E-state index is -1.09. The Bertz CT molecular complexity index is 647. The Labute approximate surface area is 117 Å². The molecule has 0 aromatic heterocycles. The number of rotatable bonds is 3. The molecular formula is C13H10BrFN2O2. The van der Waals surface area contributed by atoms with Crippen LogP contribution in [0.15, 0.2) is 40.9 Å². The van der Waals surface area contributed by atoms with Crippen LogP contribution < -0.4 is 11.1 Å². The lowest BCUT2D eigenvalue weighted by molar-refractivity contribution is 0.0698. The molecule has 0 saturated heterocycles. The Hall–Kier alpha value is -2.08. The second-order valence-corrected chi connectivity index (χ2v) is 4.71. The lowest BCUT2D eigenvalue weighted by Gasteiger charge is -2.12. The average Bonchev–Trinajstić information content (AvgIpc) is 2.33. The van der Waals surface area contributed by atoms with Gasteiger partial charge in [-0.15, -0.1) is 0 Å². The van der Waals surface area contributed by atoms with Gasteiger partial charge in [0.15, 0.2) is 0 Å². The normalized spacial score (nSPS) is 10.2. The first-order valence-corrected chi connectivity index (χ1v) is 6.11. The van der Waals surface area contributed by atoms with Crippen LogP contribution in [0.25, 0.3) is 0 Å². The molecule has 4 nitrogen and oxygen atoms in total. The molecule has 2 aromatic rings. The molecule has 0 heterocycles. The van der Waals surface area contributed by atoms with Crippen LogP contribution in [-0.2, 0) is 0 Å². The van der Waals surface area contributed by atoms with Crippen molar-refractivity contribution in [3.05, 3.63) is 52.3 Å². The smallest absolute Gasteiger partial charge is 0.337 e. The fourth-order valence-corrected chi connectivity index (χ4v) is 1.94. The minimum Gasteiger partial charge on any atom is -0.478 e. The lowest BCUT2D eigenvalue weighted by Crippen LogP contribution is -2.04. The lowest BCUT2D eigenvalue weighted by atomic mass is 10.1. The zero-order chi connectivity index (χ0) is 14.0. The van der Waals surface area contributed by atoms with Gasteiger partial charge in [0, 0.05) is 10.2 Å². The summed E-state index contributed by atoms with van der Waals surface area (Å²) in [6, 6.07) is 8.47. The standard InChI is InChI=1S/C13H10BrFN2O2/c14-10-4-1-7(15)5-12(10)17-11-6-8(16)2-3-9(11)13(18)19/h1-6,17H,16H2,(H,18,19). The SMILES string of the molecule is Nc1ccc(C(=O)O)c(Nc2cc(F)ccc2Br)c1. The summed E-state index contributed by atoms with van der Waals surface area (Å²) in [6.45, 7) is 0. The van der Waals surface area contributed by atoms with Crippen LogP contribution in [0, 0.1) is 5.82 Å². The van der Waals surface area contributed by atoms with Gasteiger partial charge in [-0.05, 0) is 52.3 Å². The highest BCUT2D eigenvalue weighted by molar-refractivity contribution is 9.10. The van der Waals surface area contributed by atoms with Crippen molar-refractivity contribution in [2.24, 2.45) is 0 Å². The number of carbonyl (C=O) groups is 1. The van der Waals surface area contributed by atoms with E-state index < -0.39 is 11.8 Å². The molecule has 0 fully saturated rings. The van der Waals surface area contributed by atoms with Crippen molar-refractivity contribution in [2.45, 2.75) is 0 Å². The van der Waals surface area contributed by atoms with E-state index in [1.807, 2.05) is 0 Å². The number of nitrogen functional groups attached to an aromatic ring is 1. The molecule has 0 bridgehead atoms. The van der Waals surface area contributed by atoms with Gasteiger partial charge in [-0.3, -0.25) is 0 Å². The van der Waals surface area contributed by atoms with Crippen molar-refractivity contribution in [1.29, 1.82) is 0 Å². The average molecular weight is 325 g/mol. The van der Waals surface area contributed by atoms with Gasteiger partial charge in [-0.1, -0.05) is 0 Å². The van der Waals surface area contributed by atoms with Gasteiger partial charge in [0.05, 0.1) is 16.9 Å². The monoisotopic (exact) mass is 324 g/mol. The second kappa shape index (κ2) is 5.27. The van der Waals surface area contributed by atoms with E-state index in [1.165, 1.54) is 36.4 Å². The summed E-state index contributed by atoms with van der Waals surface area (Å²) in [5, 5.41) is 11.9. The number of hydrogen-bond acceptors (Lipinski definition) is 3. The van der Waals surface area contributed by atoms with Gasteiger partial charge < -0.3 is 16.2 Å². The molecule has 0 aliphatic rings. The molecule has 98 valence electrons. The van der Waals surface area contributed by atoms with Gasteiger partial charge in [0.2, 0.25) is 0 Å². The Balaban J connectivity index is 2.45. The number of hydrogen-bond donors (Lipinski definition) is 3. The summed E-state index contributed by atoms with van der Waals surface area (Å²) >= 11 is 3.26. The Morgan fingerprint density at radius 3 is 2.63 bits per heavy atom. The zero-order valence-electron chi connectivity index (χ0n) is 9.65. The van der Waals surface area contributed by atoms with Crippen LogP contribution in [0.5, 0.6) is 0 Å². The highest BCUT2D eigenvalue weighted by Crippen LogP contribution is 2.29. The zero-order valence-corrected chi connectivity index (χ0v) is 11.2. The molecule has 0 unspecified atom stereocenters. The second-order valence-electron chi connectivity index (χ2n) is 3.86. The first-order chi connectivity index (χ1) is 8.97. The summed E-state index contributed by atoms with van der Waals surface area (Å²) in [6.07, 6.45) is 0. The molecular weight excluding hydrogens is 315 g/mol. The Morgan fingerprint density at radius 2 is 1.95 bits per heavy atom. The van der Waals surface area contributed by atoms with Crippen molar-refractivity contribution in [3.63, 3.8) is 0 Å². The van der Waals surface area contributed by atoms with Gasteiger partial charge >= 0.3 is 5.97 Å². The quantitative estimate of drug-likeness (QED) is 0.754. The van der Waals surface area contributed by atoms with Crippen LogP contribution in [0.4, 0.5) is 21.5 Å². The highest BCUT2D eigenvalue weighted by Gasteiger charge is 2.12.